The van der Waals surface area contributed by atoms with Crippen molar-refractivity contribution in [3.05, 3.63) is 23.2 Å². The molecule has 0 amide bonds. The first-order chi connectivity index (χ1) is 10.5. The maximum atomic E-state index is 11.2. The highest BCUT2D eigenvalue weighted by molar-refractivity contribution is 6.77. The Morgan fingerprint density at radius 1 is 1.09 bits per heavy atom. The summed E-state index contributed by atoms with van der Waals surface area (Å²) in [6, 6.07) is 1.62. The van der Waals surface area contributed by atoms with Gasteiger partial charge in [-0.1, -0.05) is 55.4 Å². The molecule has 0 saturated heterocycles. The van der Waals surface area contributed by atoms with Gasteiger partial charge in [0.25, 0.3) is 0 Å². The second-order valence-corrected chi connectivity index (χ2v) is 13.0. The summed E-state index contributed by atoms with van der Waals surface area (Å²) >= 11 is 0. The van der Waals surface area contributed by atoms with Crippen LogP contribution in [0, 0.1) is 0 Å². The highest BCUT2D eigenvalue weighted by atomic mass is 28.4. The Balaban J connectivity index is 3.13. The Bertz CT molecular complexity index is 507. The number of aromatic carboxylic acids is 1. The number of carboxylic acid groups (broad SMARTS) is 1. The van der Waals surface area contributed by atoms with Crippen LogP contribution < -0.4 is 0 Å². The lowest BCUT2D eigenvalue weighted by Crippen LogP contribution is -2.47. The lowest BCUT2D eigenvalue weighted by atomic mass is 10.1. The molecule has 132 valence electrons. The first-order valence-electron chi connectivity index (χ1n) is 8.53. The molecule has 0 bridgehead atoms. The summed E-state index contributed by atoms with van der Waals surface area (Å²) in [5.74, 6) is -0.173. The second kappa shape index (κ2) is 7.66. The van der Waals surface area contributed by atoms with E-state index in [2.05, 4.69) is 41.5 Å². The highest BCUT2D eigenvalue weighted by Gasteiger charge is 2.45. The third kappa shape index (κ3) is 4.07. The lowest BCUT2D eigenvalue weighted by molar-refractivity contribution is 0.0660. The van der Waals surface area contributed by atoms with Crippen LogP contribution in [0.5, 0.6) is 0 Å². The van der Waals surface area contributed by atoms with Gasteiger partial charge in [-0.3, -0.25) is 0 Å². The molecule has 0 aromatic carbocycles. The number of hydrogen-bond donors (Lipinski definition) is 1. The van der Waals surface area contributed by atoms with Crippen molar-refractivity contribution in [1.82, 2.24) is 0 Å². The molecule has 0 atom stereocenters. The van der Waals surface area contributed by atoms with Gasteiger partial charge in [0.2, 0.25) is 14.1 Å². The maximum absolute atomic E-state index is 11.2. The molecular formula is C18H32O4Si. The lowest BCUT2D eigenvalue weighted by Gasteiger charge is -2.42. The largest absolute Gasteiger partial charge is 0.475 e. The van der Waals surface area contributed by atoms with Crippen molar-refractivity contribution in [2.45, 2.75) is 84.5 Å². The van der Waals surface area contributed by atoms with E-state index >= 15 is 0 Å². The summed E-state index contributed by atoms with van der Waals surface area (Å²) in [6.45, 7) is 17.9. The van der Waals surface area contributed by atoms with E-state index in [1.165, 1.54) is 0 Å². The van der Waals surface area contributed by atoms with Gasteiger partial charge in [0, 0.05) is 11.5 Å². The zero-order chi connectivity index (χ0) is 17.9. The number of hydrogen-bond acceptors (Lipinski definition) is 3. The van der Waals surface area contributed by atoms with Gasteiger partial charge in [-0.05, 0) is 22.7 Å². The fourth-order valence-corrected chi connectivity index (χ4v) is 9.26. The quantitative estimate of drug-likeness (QED) is 0.608. The van der Waals surface area contributed by atoms with Crippen LogP contribution in [0.4, 0.5) is 0 Å². The molecule has 0 spiro atoms. The van der Waals surface area contributed by atoms with Crippen LogP contribution >= 0.6 is 0 Å². The molecule has 4 nitrogen and oxygen atoms in total. The smallest absolute Gasteiger partial charge is 0.371 e. The minimum atomic E-state index is -1.98. The Kier molecular flexibility index (Phi) is 6.66. The van der Waals surface area contributed by atoms with E-state index in [4.69, 9.17) is 8.84 Å². The molecule has 5 heteroatoms. The van der Waals surface area contributed by atoms with Crippen molar-refractivity contribution >= 4 is 14.3 Å². The van der Waals surface area contributed by atoms with E-state index in [0.29, 0.717) is 23.2 Å². The van der Waals surface area contributed by atoms with Crippen molar-refractivity contribution in [2.75, 3.05) is 0 Å². The van der Waals surface area contributed by atoms with Gasteiger partial charge in [0.1, 0.15) is 5.76 Å². The van der Waals surface area contributed by atoms with Crippen molar-refractivity contribution in [2.24, 2.45) is 0 Å². The Morgan fingerprint density at radius 3 is 1.91 bits per heavy atom. The van der Waals surface area contributed by atoms with Crippen LogP contribution in [0.2, 0.25) is 16.6 Å². The summed E-state index contributed by atoms with van der Waals surface area (Å²) in [7, 11) is -1.98. The van der Waals surface area contributed by atoms with Crippen molar-refractivity contribution < 1.29 is 18.7 Å². The van der Waals surface area contributed by atoms with Crippen molar-refractivity contribution in [3.8, 4) is 0 Å². The van der Waals surface area contributed by atoms with Crippen LogP contribution in [0.25, 0.3) is 0 Å². The standard InChI is InChI=1S/C18H32O4Si/c1-11(2)17-15(9-16(22-17)18(19)20)10-21-23(12(3)4,13(5)6)14(7)8/h9,11-14H,10H2,1-8H3,(H,19,20). The third-order valence-electron chi connectivity index (χ3n) is 4.76. The van der Waals surface area contributed by atoms with Crippen LogP contribution in [0.3, 0.4) is 0 Å². The van der Waals surface area contributed by atoms with Gasteiger partial charge in [-0.2, -0.15) is 0 Å². The predicted molar refractivity (Wildman–Crippen MR) is 95.6 cm³/mol. The van der Waals surface area contributed by atoms with Crippen LogP contribution in [-0.4, -0.2) is 19.4 Å². The SMILES string of the molecule is CC(C)c1oc(C(=O)O)cc1CO[Si](C(C)C)(C(C)C)C(C)C. The number of furan rings is 1. The molecule has 0 fully saturated rings. The van der Waals surface area contributed by atoms with Gasteiger partial charge in [-0.15, -0.1) is 0 Å². The van der Waals surface area contributed by atoms with Gasteiger partial charge in [-0.25, -0.2) is 4.79 Å². The first-order valence-corrected chi connectivity index (χ1v) is 10.7. The highest BCUT2D eigenvalue weighted by Crippen LogP contribution is 2.43. The van der Waals surface area contributed by atoms with Crippen LogP contribution in [-0.2, 0) is 11.0 Å². The summed E-state index contributed by atoms with van der Waals surface area (Å²) in [5.41, 5.74) is 2.36. The predicted octanol–water partition coefficient (Wildman–Crippen LogP) is 5.79. The topological polar surface area (TPSA) is 59.7 Å². The molecule has 1 aromatic rings. The van der Waals surface area contributed by atoms with E-state index in [0.717, 1.165) is 11.3 Å². The van der Waals surface area contributed by atoms with Gasteiger partial charge in [0.15, 0.2) is 0 Å². The fraction of sp³-hybridized carbons (Fsp3) is 0.722. The summed E-state index contributed by atoms with van der Waals surface area (Å²) < 4.78 is 12.1. The average molecular weight is 341 g/mol. The van der Waals surface area contributed by atoms with Gasteiger partial charge >= 0.3 is 5.97 Å². The van der Waals surface area contributed by atoms with E-state index < -0.39 is 14.3 Å². The number of carbonyl (C=O) groups is 1. The molecule has 0 unspecified atom stereocenters. The molecule has 1 rings (SSSR count). The van der Waals surface area contributed by atoms with Gasteiger partial charge in [0.05, 0.1) is 6.61 Å². The molecule has 1 N–H and O–H groups in total. The molecule has 1 heterocycles. The molecule has 23 heavy (non-hydrogen) atoms. The minimum Gasteiger partial charge on any atom is -0.475 e. The van der Waals surface area contributed by atoms with Crippen LogP contribution in [0.15, 0.2) is 10.5 Å². The molecule has 0 aliphatic carbocycles. The van der Waals surface area contributed by atoms with E-state index in [9.17, 15) is 9.90 Å². The van der Waals surface area contributed by atoms with Gasteiger partial charge < -0.3 is 13.9 Å². The van der Waals surface area contributed by atoms with Crippen LogP contribution in [0.1, 0.15) is 83.2 Å². The van der Waals surface area contributed by atoms with E-state index in [1.54, 1.807) is 6.07 Å². The normalized spacial score (nSPS) is 12.9. The summed E-state index contributed by atoms with van der Waals surface area (Å²) in [6.07, 6.45) is 0. The van der Waals surface area contributed by atoms with E-state index in [-0.39, 0.29) is 11.7 Å². The number of carboxylic acids is 1. The zero-order valence-electron chi connectivity index (χ0n) is 15.8. The Morgan fingerprint density at radius 2 is 1.57 bits per heavy atom. The molecular weight excluding hydrogens is 308 g/mol. The van der Waals surface area contributed by atoms with E-state index in [1.807, 2.05) is 13.8 Å². The minimum absolute atomic E-state index is 0.00166. The Hall–Kier alpha value is -1.07. The Labute approximate surface area is 141 Å². The fourth-order valence-electron chi connectivity index (χ4n) is 3.85. The summed E-state index contributed by atoms with van der Waals surface area (Å²) in [4.78, 5) is 11.2. The maximum Gasteiger partial charge on any atom is 0.371 e. The average Bonchev–Trinajstić information content (AvgIpc) is 2.82. The first kappa shape index (κ1) is 20.0. The monoisotopic (exact) mass is 340 g/mol. The number of rotatable bonds is 8. The molecule has 0 aliphatic rings. The summed E-state index contributed by atoms with van der Waals surface area (Å²) in [5, 5.41) is 9.17. The molecule has 0 radical (unpaired) electrons. The molecule has 0 aliphatic heterocycles. The van der Waals surface area contributed by atoms with Crippen molar-refractivity contribution in [3.63, 3.8) is 0 Å². The molecule has 0 saturated carbocycles. The zero-order valence-corrected chi connectivity index (χ0v) is 16.8. The molecule has 1 aromatic heterocycles. The third-order valence-corrected chi connectivity index (χ3v) is 10.8. The van der Waals surface area contributed by atoms with Crippen molar-refractivity contribution in [1.29, 1.82) is 0 Å². The second-order valence-electron chi connectivity index (χ2n) is 7.57.